The van der Waals surface area contributed by atoms with E-state index in [9.17, 15) is 4.79 Å². The number of fused-ring (bicyclic) bond motifs is 2. The highest BCUT2D eigenvalue weighted by Gasteiger charge is 2.45. The van der Waals surface area contributed by atoms with Crippen molar-refractivity contribution in [3.8, 4) is 11.8 Å². The second-order valence-corrected chi connectivity index (χ2v) is 6.33. The summed E-state index contributed by atoms with van der Waals surface area (Å²) in [5, 5.41) is 0. The van der Waals surface area contributed by atoms with Crippen molar-refractivity contribution in [3.63, 3.8) is 0 Å². The molecule has 2 aromatic rings. The number of Topliss-reactive ketones (excluding diaryl/α,β-unsaturated/α-hetero) is 1. The molecule has 0 radical (unpaired) electrons. The molecule has 2 aliphatic rings. The molecule has 23 heavy (non-hydrogen) atoms. The van der Waals surface area contributed by atoms with Crippen molar-refractivity contribution in [1.29, 1.82) is 0 Å². The fourth-order valence-electron chi connectivity index (χ4n) is 3.82. The molecule has 1 heteroatoms. The molecule has 4 rings (SSSR count). The molecule has 2 bridgehead atoms. The first-order chi connectivity index (χ1) is 11.3. The van der Waals surface area contributed by atoms with E-state index in [1.807, 2.05) is 36.4 Å². The van der Waals surface area contributed by atoms with Crippen LogP contribution in [0, 0.1) is 23.7 Å². The van der Waals surface area contributed by atoms with Crippen molar-refractivity contribution in [2.24, 2.45) is 11.8 Å². The molecular formula is C22H18O. The van der Waals surface area contributed by atoms with Crippen LogP contribution in [0.2, 0.25) is 0 Å². The summed E-state index contributed by atoms with van der Waals surface area (Å²) in [5.74, 6) is 7.33. The van der Waals surface area contributed by atoms with Gasteiger partial charge >= 0.3 is 0 Å². The van der Waals surface area contributed by atoms with Gasteiger partial charge in [-0.05, 0) is 36.5 Å². The lowest BCUT2D eigenvalue weighted by Crippen LogP contribution is -2.21. The Labute approximate surface area is 137 Å². The lowest BCUT2D eigenvalue weighted by Gasteiger charge is -2.18. The van der Waals surface area contributed by atoms with E-state index in [2.05, 4.69) is 42.2 Å². The maximum Gasteiger partial charge on any atom is 0.144 e. The van der Waals surface area contributed by atoms with Crippen LogP contribution >= 0.6 is 0 Å². The summed E-state index contributed by atoms with van der Waals surface area (Å²) >= 11 is 0. The van der Waals surface area contributed by atoms with Gasteiger partial charge in [0.1, 0.15) is 5.78 Å². The van der Waals surface area contributed by atoms with E-state index in [-0.39, 0.29) is 11.8 Å². The summed E-state index contributed by atoms with van der Waals surface area (Å²) in [7, 11) is 0. The zero-order chi connectivity index (χ0) is 15.6. The molecule has 0 aromatic heterocycles. The van der Waals surface area contributed by atoms with E-state index in [1.165, 1.54) is 5.56 Å². The topological polar surface area (TPSA) is 17.1 Å². The predicted octanol–water partition coefficient (Wildman–Crippen LogP) is 4.36. The van der Waals surface area contributed by atoms with E-state index in [1.54, 1.807) is 0 Å². The van der Waals surface area contributed by atoms with Crippen molar-refractivity contribution in [2.75, 3.05) is 0 Å². The molecule has 0 saturated heterocycles. The van der Waals surface area contributed by atoms with Crippen LogP contribution in [0.3, 0.4) is 0 Å². The Hall–Kier alpha value is -2.59. The van der Waals surface area contributed by atoms with Gasteiger partial charge in [-0.25, -0.2) is 0 Å². The van der Waals surface area contributed by atoms with Crippen molar-refractivity contribution in [1.82, 2.24) is 0 Å². The molecule has 0 spiro atoms. The third-order valence-electron chi connectivity index (χ3n) is 5.00. The van der Waals surface area contributed by atoms with Crippen LogP contribution in [-0.2, 0) is 4.79 Å². The van der Waals surface area contributed by atoms with E-state index in [0.29, 0.717) is 11.7 Å². The molecule has 1 fully saturated rings. The highest BCUT2D eigenvalue weighted by molar-refractivity contribution is 5.91. The fraction of sp³-hybridized carbons (Fsp3) is 0.227. The fourth-order valence-corrected chi connectivity index (χ4v) is 3.82. The highest BCUT2D eigenvalue weighted by atomic mass is 16.1. The van der Waals surface area contributed by atoms with Crippen LogP contribution in [-0.4, -0.2) is 5.78 Å². The van der Waals surface area contributed by atoms with Crippen molar-refractivity contribution in [2.45, 2.75) is 18.8 Å². The van der Waals surface area contributed by atoms with Crippen LogP contribution in [0.1, 0.15) is 29.9 Å². The maximum atomic E-state index is 12.7. The van der Waals surface area contributed by atoms with E-state index in [4.69, 9.17) is 0 Å². The third-order valence-corrected chi connectivity index (χ3v) is 5.00. The van der Waals surface area contributed by atoms with E-state index in [0.717, 1.165) is 24.0 Å². The molecule has 0 amide bonds. The van der Waals surface area contributed by atoms with Gasteiger partial charge in [-0.15, -0.1) is 0 Å². The zero-order valence-electron chi connectivity index (χ0n) is 12.9. The molecular weight excluding hydrogens is 280 g/mol. The second-order valence-electron chi connectivity index (χ2n) is 6.33. The standard InChI is InChI=1S/C22H18O/c23-22-19-14-13-18(12-11-16-7-3-1-4-8-16)21(22)15-20(19)17-9-5-2-6-10-17/h1-10,13,19-21H,14-15H2/t19-,20+,21-/m0/s1. The van der Waals surface area contributed by atoms with Gasteiger partial charge in [-0.1, -0.05) is 66.4 Å². The molecule has 3 atom stereocenters. The predicted molar refractivity (Wildman–Crippen MR) is 91.8 cm³/mol. The number of benzene rings is 2. The normalized spacial score (nSPS) is 25.5. The average molecular weight is 298 g/mol. The number of ketones is 1. The Morgan fingerprint density at radius 3 is 2.26 bits per heavy atom. The van der Waals surface area contributed by atoms with Crippen LogP contribution in [0.4, 0.5) is 0 Å². The second kappa shape index (κ2) is 5.89. The number of carbonyl (C=O) groups is 1. The quantitative estimate of drug-likeness (QED) is 0.715. The van der Waals surface area contributed by atoms with Gasteiger partial charge in [0, 0.05) is 17.1 Å². The molecule has 1 saturated carbocycles. The van der Waals surface area contributed by atoms with Gasteiger partial charge in [0.25, 0.3) is 0 Å². The van der Waals surface area contributed by atoms with Crippen molar-refractivity contribution < 1.29 is 4.79 Å². The minimum absolute atomic E-state index is 0.00447. The lowest BCUT2D eigenvalue weighted by molar-refractivity contribution is -0.123. The first-order valence-corrected chi connectivity index (χ1v) is 8.19. The van der Waals surface area contributed by atoms with Crippen LogP contribution in [0.5, 0.6) is 0 Å². The summed E-state index contributed by atoms with van der Waals surface area (Å²) in [6.07, 6.45) is 3.92. The minimum Gasteiger partial charge on any atom is -0.299 e. The van der Waals surface area contributed by atoms with Gasteiger partial charge in [0.15, 0.2) is 0 Å². The smallest absolute Gasteiger partial charge is 0.144 e. The first-order valence-electron chi connectivity index (χ1n) is 8.19. The molecule has 1 nitrogen and oxygen atoms in total. The Kier molecular flexibility index (Phi) is 3.60. The maximum absolute atomic E-state index is 12.7. The first kappa shape index (κ1) is 14.0. The number of carbonyl (C=O) groups excluding carboxylic acids is 1. The van der Waals surface area contributed by atoms with Gasteiger partial charge in [-0.2, -0.15) is 0 Å². The highest BCUT2D eigenvalue weighted by Crippen LogP contribution is 2.48. The number of hydrogen-bond donors (Lipinski definition) is 0. The summed E-state index contributed by atoms with van der Waals surface area (Å²) in [4.78, 5) is 12.7. The summed E-state index contributed by atoms with van der Waals surface area (Å²) in [6.45, 7) is 0. The summed E-state index contributed by atoms with van der Waals surface area (Å²) < 4.78 is 0. The van der Waals surface area contributed by atoms with Gasteiger partial charge in [0.2, 0.25) is 0 Å². The van der Waals surface area contributed by atoms with E-state index >= 15 is 0 Å². The monoisotopic (exact) mass is 298 g/mol. The van der Waals surface area contributed by atoms with Gasteiger partial charge in [-0.3, -0.25) is 4.79 Å². The zero-order valence-corrected chi connectivity index (χ0v) is 12.9. The summed E-state index contributed by atoms with van der Waals surface area (Å²) in [5.41, 5.74) is 3.31. The van der Waals surface area contributed by atoms with Gasteiger partial charge < -0.3 is 0 Å². The largest absolute Gasteiger partial charge is 0.299 e. The summed E-state index contributed by atoms with van der Waals surface area (Å²) in [6, 6.07) is 20.4. The Bertz CT molecular complexity index is 805. The number of allylic oxidation sites excluding steroid dienone is 2. The lowest BCUT2D eigenvalue weighted by atomic mass is 9.84. The average Bonchev–Trinajstić information content (AvgIpc) is 2.81. The van der Waals surface area contributed by atoms with Crippen LogP contribution in [0.25, 0.3) is 0 Å². The molecule has 2 aliphatic carbocycles. The van der Waals surface area contributed by atoms with Crippen molar-refractivity contribution >= 4 is 5.78 Å². The third kappa shape index (κ3) is 2.62. The van der Waals surface area contributed by atoms with E-state index < -0.39 is 0 Å². The molecule has 0 heterocycles. The Morgan fingerprint density at radius 2 is 1.52 bits per heavy atom. The van der Waals surface area contributed by atoms with Crippen molar-refractivity contribution in [3.05, 3.63) is 83.4 Å². The Balaban J connectivity index is 1.59. The SMILES string of the molecule is O=C1[C@H]2C[C@H](c3ccccc3)[C@@H]1CC=C2C#Cc1ccccc1. The molecule has 0 N–H and O–H groups in total. The molecule has 2 aromatic carbocycles. The molecule has 0 unspecified atom stereocenters. The number of rotatable bonds is 1. The van der Waals surface area contributed by atoms with Crippen LogP contribution < -0.4 is 0 Å². The van der Waals surface area contributed by atoms with Gasteiger partial charge in [0.05, 0.1) is 5.92 Å². The minimum atomic E-state index is -0.00447. The molecule has 0 aliphatic heterocycles. The molecule has 112 valence electrons. The van der Waals surface area contributed by atoms with Crippen LogP contribution in [0.15, 0.2) is 72.3 Å². The number of hydrogen-bond acceptors (Lipinski definition) is 1. The Morgan fingerprint density at radius 1 is 0.826 bits per heavy atom.